The van der Waals surface area contributed by atoms with Gasteiger partial charge in [-0.2, -0.15) is 0 Å². The first-order chi connectivity index (χ1) is 14.3. The maximum atomic E-state index is 12.9. The van der Waals surface area contributed by atoms with E-state index < -0.39 is 5.60 Å². The lowest BCUT2D eigenvalue weighted by Crippen LogP contribution is -2.42. The van der Waals surface area contributed by atoms with Gasteiger partial charge in [-0.1, -0.05) is 17.7 Å². The summed E-state index contributed by atoms with van der Waals surface area (Å²) in [6.45, 7) is 3.95. The van der Waals surface area contributed by atoms with Crippen LogP contribution in [0.4, 0.5) is 11.4 Å². The minimum Gasteiger partial charge on any atom is -0.478 e. The molecule has 6 nitrogen and oxygen atoms in total. The standard InChI is InChI=1S/C23H21ClN2O4/c1-23(2,30-18-9-6-16(24)7-10-18)22(28)25-17-8-5-15-11-12-26(19(15)14-17)21(27)20-4-3-13-29-20/h3-10,13-14H,11-12H2,1-2H3,(H,25,28). The van der Waals surface area contributed by atoms with Gasteiger partial charge in [-0.05, 0) is 74.4 Å². The fourth-order valence-electron chi connectivity index (χ4n) is 3.33. The van der Waals surface area contributed by atoms with Gasteiger partial charge in [-0.25, -0.2) is 0 Å². The molecule has 1 N–H and O–H groups in total. The summed E-state index contributed by atoms with van der Waals surface area (Å²) in [6.07, 6.45) is 2.23. The molecule has 2 aromatic carbocycles. The zero-order chi connectivity index (χ0) is 21.3. The number of nitrogens with zero attached hydrogens (tertiary/aromatic N) is 1. The van der Waals surface area contributed by atoms with Crippen LogP contribution in [0, 0.1) is 0 Å². The number of rotatable bonds is 5. The second kappa shape index (κ2) is 7.88. The normalized spacial score (nSPS) is 13.1. The molecule has 0 spiro atoms. The first kappa shape index (κ1) is 20.0. The van der Waals surface area contributed by atoms with Crippen LogP contribution in [0.3, 0.4) is 0 Å². The van der Waals surface area contributed by atoms with E-state index in [1.54, 1.807) is 61.2 Å². The largest absolute Gasteiger partial charge is 0.478 e. The summed E-state index contributed by atoms with van der Waals surface area (Å²) >= 11 is 5.90. The van der Waals surface area contributed by atoms with Crippen molar-refractivity contribution in [3.8, 4) is 5.75 Å². The van der Waals surface area contributed by atoms with Crippen LogP contribution in [-0.2, 0) is 11.2 Å². The van der Waals surface area contributed by atoms with Crippen molar-refractivity contribution in [1.29, 1.82) is 0 Å². The molecule has 0 bridgehead atoms. The fourth-order valence-corrected chi connectivity index (χ4v) is 3.45. The summed E-state index contributed by atoms with van der Waals surface area (Å²) in [6, 6.07) is 15.7. The summed E-state index contributed by atoms with van der Waals surface area (Å²) in [4.78, 5) is 27.2. The molecule has 2 amide bonds. The zero-order valence-electron chi connectivity index (χ0n) is 16.6. The number of benzene rings is 2. The van der Waals surface area contributed by atoms with Gasteiger partial charge in [0, 0.05) is 22.9 Å². The van der Waals surface area contributed by atoms with Gasteiger partial charge in [0.15, 0.2) is 11.4 Å². The summed E-state index contributed by atoms with van der Waals surface area (Å²) in [5.74, 6) is 0.325. The van der Waals surface area contributed by atoms with E-state index in [1.807, 2.05) is 12.1 Å². The van der Waals surface area contributed by atoms with Crippen LogP contribution in [-0.4, -0.2) is 24.0 Å². The average molecular weight is 425 g/mol. The molecular formula is C23H21ClN2O4. The number of anilines is 2. The van der Waals surface area contributed by atoms with Crippen molar-refractivity contribution in [2.24, 2.45) is 0 Å². The van der Waals surface area contributed by atoms with Gasteiger partial charge < -0.3 is 19.4 Å². The number of halogens is 1. The lowest BCUT2D eigenvalue weighted by atomic mass is 10.1. The van der Waals surface area contributed by atoms with Crippen molar-refractivity contribution in [2.75, 3.05) is 16.8 Å². The number of fused-ring (bicyclic) bond motifs is 1. The topological polar surface area (TPSA) is 71.8 Å². The third kappa shape index (κ3) is 4.04. The van der Waals surface area contributed by atoms with Crippen LogP contribution in [0.15, 0.2) is 65.3 Å². The lowest BCUT2D eigenvalue weighted by Gasteiger charge is -2.25. The highest BCUT2D eigenvalue weighted by molar-refractivity contribution is 6.30. The third-order valence-corrected chi connectivity index (χ3v) is 5.20. The summed E-state index contributed by atoms with van der Waals surface area (Å²) < 4.78 is 11.1. The van der Waals surface area contributed by atoms with Gasteiger partial charge in [-0.15, -0.1) is 0 Å². The second-order valence-electron chi connectivity index (χ2n) is 7.55. The van der Waals surface area contributed by atoms with Crippen molar-refractivity contribution in [3.63, 3.8) is 0 Å². The molecular weight excluding hydrogens is 404 g/mol. The summed E-state index contributed by atoms with van der Waals surface area (Å²) in [5.41, 5.74) is 1.29. The molecule has 1 aliphatic heterocycles. The Morgan fingerprint density at radius 3 is 2.60 bits per heavy atom. The van der Waals surface area contributed by atoms with Crippen molar-refractivity contribution >= 4 is 34.8 Å². The summed E-state index contributed by atoms with van der Waals surface area (Å²) in [7, 11) is 0. The Hall–Kier alpha value is -3.25. The first-order valence-corrected chi connectivity index (χ1v) is 9.96. The fraction of sp³-hybridized carbons (Fsp3) is 0.217. The monoisotopic (exact) mass is 424 g/mol. The van der Waals surface area contributed by atoms with E-state index in [4.69, 9.17) is 20.8 Å². The van der Waals surface area contributed by atoms with Crippen molar-refractivity contribution in [2.45, 2.75) is 25.9 Å². The number of ether oxygens (including phenoxy) is 1. The SMILES string of the molecule is CC(C)(Oc1ccc(Cl)cc1)C(=O)Nc1ccc2c(c1)N(C(=O)c1ccco1)CC2. The van der Waals surface area contributed by atoms with Crippen molar-refractivity contribution < 1.29 is 18.7 Å². The van der Waals surface area contributed by atoms with Crippen LogP contribution in [0.2, 0.25) is 5.02 Å². The molecule has 0 saturated heterocycles. The predicted molar refractivity (Wildman–Crippen MR) is 115 cm³/mol. The molecule has 1 aliphatic rings. The van der Waals surface area contributed by atoms with E-state index >= 15 is 0 Å². The minimum absolute atomic E-state index is 0.200. The number of furan rings is 1. The molecule has 2 heterocycles. The van der Waals surface area contributed by atoms with Crippen molar-refractivity contribution in [1.82, 2.24) is 0 Å². The predicted octanol–water partition coefficient (Wildman–Crippen LogP) is 4.93. The molecule has 154 valence electrons. The van der Waals surface area contributed by atoms with Gasteiger partial charge in [0.2, 0.25) is 0 Å². The highest BCUT2D eigenvalue weighted by atomic mass is 35.5. The Balaban J connectivity index is 1.50. The Morgan fingerprint density at radius 2 is 1.90 bits per heavy atom. The maximum absolute atomic E-state index is 12.9. The molecule has 7 heteroatoms. The quantitative estimate of drug-likeness (QED) is 0.630. The Kier molecular flexibility index (Phi) is 5.26. The molecule has 30 heavy (non-hydrogen) atoms. The van der Waals surface area contributed by atoms with Gasteiger partial charge in [-0.3, -0.25) is 9.59 Å². The van der Waals surface area contributed by atoms with E-state index in [2.05, 4.69) is 5.32 Å². The molecule has 1 aromatic heterocycles. The molecule has 4 rings (SSSR count). The average Bonchev–Trinajstić information content (AvgIpc) is 3.39. The van der Waals surface area contributed by atoms with Gasteiger partial charge in [0.1, 0.15) is 5.75 Å². The molecule has 0 fully saturated rings. The smallest absolute Gasteiger partial charge is 0.293 e. The molecule has 0 radical (unpaired) electrons. The minimum atomic E-state index is -1.11. The van der Waals surface area contributed by atoms with E-state index in [9.17, 15) is 9.59 Å². The van der Waals surface area contributed by atoms with Crippen LogP contribution < -0.4 is 15.0 Å². The summed E-state index contributed by atoms with van der Waals surface area (Å²) in [5, 5.41) is 3.48. The Morgan fingerprint density at radius 1 is 1.13 bits per heavy atom. The highest BCUT2D eigenvalue weighted by Crippen LogP contribution is 2.32. The number of nitrogens with one attached hydrogen (secondary N) is 1. The van der Waals surface area contributed by atoms with E-state index in [0.717, 1.165) is 17.7 Å². The third-order valence-electron chi connectivity index (χ3n) is 4.95. The van der Waals surface area contributed by atoms with E-state index in [-0.39, 0.29) is 17.6 Å². The first-order valence-electron chi connectivity index (χ1n) is 9.58. The number of amides is 2. The number of hydrogen-bond donors (Lipinski definition) is 1. The van der Waals surface area contributed by atoms with Crippen LogP contribution in [0.5, 0.6) is 5.75 Å². The van der Waals surface area contributed by atoms with Crippen LogP contribution in [0.25, 0.3) is 0 Å². The lowest BCUT2D eigenvalue weighted by molar-refractivity contribution is -0.128. The highest BCUT2D eigenvalue weighted by Gasteiger charge is 2.31. The molecule has 0 aliphatic carbocycles. The molecule has 3 aromatic rings. The van der Waals surface area contributed by atoms with Crippen molar-refractivity contribution in [3.05, 3.63) is 77.2 Å². The van der Waals surface area contributed by atoms with Gasteiger partial charge >= 0.3 is 0 Å². The van der Waals surface area contributed by atoms with E-state index in [1.165, 1.54) is 6.26 Å². The van der Waals surface area contributed by atoms with Gasteiger partial charge in [0.25, 0.3) is 11.8 Å². The Bertz CT molecular complexity index is 1080. The van der Waals surface area contributed by atoms with Crippen LogP contribution >= 0.6 is 11.6 Å². The molecule has 0 atom stereocenters. The number of carbonyl (C=O) groups is 2. The van der Waals surface area contributed by atoms with E-state index in [0.29, 0.717) is 23.0 Å². The second-order valence-corrected chi connectivity index (χ2v) is 7.98. The number of carbonyl (C=O) groups excluding carboxylic acids is 2. The molecule has 0 unspecified atom stereocenters. The Labute approximate surface area is 179 Å². The van der Waals surface area contributed by atoms with Crippen LogP contribution in [0.1, 0.15) is 30.0 Å². The maximum Gasteiger partial charge on any atom is 0.293 e. The zero-order valence-corrected chi connectivity index (χ0v) is 17.4. The number of hydrogen-bond acceptors (Lipinski definition) is 4. The van der Waals surface area contributed by atoms with Gasteiger partial charge in [0.05, 0.1) is 6.26 Å². The molecule has 0 saturated carbocycles.